The number of phenols is 1. The zero-order chi connectivity index (χ0) is 12.5. The molecule has 18 heavy (non-hydrogen) atoms. The van der Waals surface area contributed by atoms with Crippen LogP contribution in [0.4, 0.5) is 0 Å². The van der Waals surface area contributed by atoms with Crippen molar-refractivity contribution in [2.75, 3.05) is 13.1 Å². The largest absolute Gasteiger partial charge is 0.508 e. The average molecular weight is 245 g/mol. The van der Waals surface area contributed by atoms with Gasteiger partial charge in [0, 0.05) is 12.0 Å². The molecule has 0 unspecified atom stereocenters. The predicted molar refractivity (Wildman–Crippen MR) is 74.1 cm³/mol. The van der Waals surface area contributed by atoms with Crippen LogP contribution in [0, 0.1) is 0 Å². The van der Waals surface area contributed by atoms with Crippen LogP contribution in [0.5, 0.6) is 5.75 Å². The first-order valence-electron chi connectivity index (χ1n) is 7.36. The quantitative estimate of drug-likeness (QED) is 0.883. The fourth-order valence-corrected chi connectivity index (χ4v) is 3.81. The van der Waals surface area contributed by atoms with E-state index in [1.54, 1.807) is 0 Å². The number of phenolic OH excluding ortho intramolecular Hbond substituents is 1. The van der Waals surface area contributed by atoms with Gasteiger partial charge in [-0.2, -0.15) is 0 Å². The second-order valence-electron chi connectivity index (χ2n) is 5.74. The smallest absolute Gasteiger partial charge is 0.119 e. The number of benzene rings is 1. The summed E-state index contributed by atoms with van der Waals surface area (Å²) in [5.41, 5.74) is 2.64. The molecule has 1 fully saturated rings. The van der Waals surface area contributed by atoms with E-state index in [0.717, 1.165) is 12.5 Å². The Kier molecular flexibility index (Phi) is 3.29. The average Bonchev–Trinajstić information content (AvgIpc) is 2.80. The van der Waals surface area contributed by atoms with E-state index in [4.69, 9.17) is 0 Å². The third-order valence-electron chi connectivity index (χ3n) is 4.74. The fourth-order valence-electron chi connectivity index (χ4n) is 3.81. The first-order valence-corrected chi connectivity index (χ1v) is 7.36. The zero-order valence-electron chi connectivity index (χ0n) is 11.2. The van der Waals surface area contributed by atoms with Crippen LogP contribution in [0.1, 0.15) is 49.7 Å². The molecule has 1 aliphatic carbocycles. The third-order valence-corrected chi connectivity index (χ3v) is 4.74. The highest BCUT2D eigenvalue weighted by molar-refractivity contribution is 5.44. The minimum absolute atomic E-state index is 0.512. The van der Waals surface area contributed by atoms with Gasteiger partial charge in [0.25, 0.3) is 0 Å². The van der Waals surface area contributed by atoms with Crippen LogP contribution in [0.15, 0.2) is 18.2 Å². The maximum atomic E-state index is 9.97. The molecule has 1 N–H and O–H groups in total. The molecule has 0 saturated carbocycles. The van der Waals surface area contributed by atoms with Gasteiger partial charge in [-0.25, -0.2) is 0 Å². The normalized spacial score (nSPS) is 26.9. The summed E-state index contributed by atoms with van der Waals surface area (Å²) in [6.45, 7) is 4.76. The summed E-state index contributed by atoms with van der Waals surface area (Å²) in [6.07, 6.45) is 6.14. The van der Waals surface area contributed by atoms with Crippen molar-refractivity contribution in [3.63, 3.8) is 0 Å². The van der Waals surface area contributed by atoms with E-state index in [1.165, 1.54) is 49.9 Å². The van der Waals surface area contributed by atoms with Crippen molar-refractivity contribution in [1.82, 2.24) is 4.90 Å². The van der Waals surface area contributed by atoms with E-state index in [2.05, 4.69) is 17.9 Å². The number of likely N-dealkylation sites (tertiary alicyclic amines) is 1. The Morgan fingerprint density at radius 3 is 3.06 bits per heavy atom. The summed E-state index contributed by atoms with van der Waals surface area (Å²) in [5, 5.41) is 9.97. The highest BCUT2D eigenvalue weighted by atomic mass is 16.3. The molecular weight excluding hydrogens is 222 g/mol. The van der Waals surface area contributed by atoms with Crippen molar-refractivity contribution in [2.24, 2.45) is 0 Å². The molecule has 1 aromatic rings. The molecule has 0 aromatic heterocycles. The zero-order valence-corrected chi connectivity index (χ0v) is 11.2. The predicted octanol–water partition coefficient (Wildman–Crippen LogP) is 3.30. The van der Waals surface area contributed by atoms with Crippen LogP contribution in [-0.2, 0) is 6.42 Å². The van der Waals surface area contributed by atoms with Gasteiger partial charge < -0.3 is 5.11 Å². The number of aromatic hydroxyl groups is 1. The molecule has 1 saturated heterocycles. The van der Waals surface area contributed by atoms with Gasteiger partial charge in [0.1, 0.15) is 5.75 Å². The lowest BCUT2D eigenvalue weighted by atomic mass is 9.79. The van der Waals surface area contributed by atoms with E-state index in [1.807, 2.05) is 12.1 Å². The van der Waals surface area contributed by atoms with Crippen LogP contribution < -0.4 is 0 Å². The Morgan fingerprint density at radius 1 is 1.33 bits per heavy atom. The van der Waals surface area contributed by atoms with E-state index >= 15 is 0 Å². The van der Waals surface area contributed by atoms with E-state index in [9.17, 15) is 5.11 Å². The van der Waals surface area contributed by atoms with Crippen LogP contribution in [0.2, 0.25) is 0 Å². The van der Waals surface area contributed by atoms with Crippen molar-refractivity contribution in [3.8, 4) is 5.75 Å². The van der Waals surface area contributed by atoms with Gasteiger partial charge in [0.2, 0.25) is 0 Å². The molecule has 98 valence electrons. The standard InChI is InChI=1S/C16H23NO/c1-2-3-10-17-11-9-13-12-5-4-6-16(18)14(12)7-8-15(13)17/h4-6,13,15,18H,2-3,7-11H2,1H3/t13-,15+/m1/s1. The monoisotopic (exact) mass is 245 g/mol. The highest BCUT2D eigenvalue weighted by Gasteiger charge is 2.38. The molecule has 0 radical (unpaired) electrons. The Balaban J connectivity index is 1.83. The summed E-state index contributed by atoms with van der Waals surface area (Å²) in [7, 11) is 0. The number of rotatable bonds is 3. The second-order valence-corrected chi connectivity index (χ2v) is 5.74. The van der Waals surface area contributed by atoms with Crippen molar-refractivity contribution in [2.45, 2.75) is 51.0 Å². The lowest BCUT2D eigenvalue weighted by Crippen LogP contribution is -2.35. The maximum Gasteiger partial charge on any atom is 0.119 e. The van der Waals surface area contributed by atoms with Crippen LogP contribution >= 0.6 is 0 Å². The lowest BCUT2D eigenvalue weighted by molar-refractivity contribution is 0.223. The summed E-state index contributed by atoms with van der Waals surface area (Å²) in [6, 6.07) is 6.80. The SMILES string of the molecule is CCCCN1CC[C@@H]2c3cccc(O)c3CC[C@@H]21. The van der Waals surface area contributed by atoms with Crippen LogP contribution in [0.25, 0.3) is 0 Å². The minimum atomic E-state index is 0.512. The maximum absolute atomic E-state index is 9.97. The number of unbranched alkanes of at least 4 members (excludes halogenated alkanes) is 1. The lowest BCUT2D eigenvalue weighted by Gasteiger charge is -2.33. The van der Waals surface area contributed by atoms with Crippen molar-refractivity contribution >= 4 is 0 Å². The molecule has 1 heterocycles. The van der Waals surface area contributed by atoms with Gasteiger partial charge in [-0.15, -0.1) is 0 Å². The van der Waals surface area contributed by atoms with Crippen LogP contribution in [0.3, 0.4) is 0 Å². The third kappa shape index (κ3) is 1.93. The summed E-state index contributed by atoms with van der Waals surface area (Å²) >= 11 is 0. The van der Waals surface area contributed by atoms with Gasteiger partial charge in [-0.3, -0.25) is 4.90 Å². The molecule has 0 spiro atoms. The number of hydrogen-bond acceptors (Lipinski definition) is 2. The molecule has 2 aliphatic rings. The molecule has 1 aromatic carbocycles. The van der Waals surface area contributed by atoms with E-state index < -0.39 is 0 Å². The van der Waals surface area contributed by atoms with Gasteiger partial charge in [0.05, 0.1) is 0 Å². The molecule has 3 rings (SSSR count). The number of fused-ring (bicyclic) bond motifs is 3. The van der Waals surface area contributed by atoms with Crippen molar-refractivity contribution < 1.29 is 5.11 Å². The minimum Gasteiger partial charge on any atom is -0.508 e. The molecule has 0 bridgehead atoms. The van der Waals surface area contributed by atoms with E-state index in [-0.39, 0.29) is 0 Å². The molecular formula is C16H23NO. The van der Waals surface area contributed by atoms with E-state index in [0.29, 0.717) is 11.7 Å². The Morgan fingerprint density at radius 2 is 2.22 bits per heavy atom. The first-order chi connectivity index (χ1) is 8.81. The Bertz CT molecular complexity index is 429. The second kappa shape index (κ2) is 4.93. The Labute approximate surface area is 110 Å². The summed E-state index contributed by atoms with van der Waals surface area (Å²) in [5.74, 6) is 1.18. The summed E-state index contributed by atoms with van der Waals surface area (Å²) < 4.78 is 0. The highest BCUT2D eigenvalue weighted by Crippen LogP contribution is 2.43. The molecule has 0 amide bonds. The first kappa shape index (κ1) is 12.0. The van der Waals surface area contributed by atoms with Gasteiger partial charge in [-0.1, -0.05) is 25.5 Å². The molecule has 2 nitrogen and oxygen atoms in total. The Hall–Kier alpha value is -1.02. The van der Waals surface area contributed by atoms with Crippen LogP contribution in [-0.4, -0.2) is 29.1 Å². The van der Waals surface area contributed by atoms with Crippen molar-refractivity contribution in [1.29, 1.82) is 0 Å². The number of nitrogens with zero attached hydrogens (tertiary/aromatic N) is 1. The van der Waals surface area contributed by atoms with Gasteiger partial charge in [0.15, 0.2) is 0 Å². The topological polar surface area (TPSA) is 23.5 Å². The number of hydrogen-bond donors (Lipinski definition) is 1. The molecule has 2 heteroatoms. The molecule has 2 atom stereocenters. The van der Waals surface area contributed by atoms with Crippen molar-refractivity contribution in [3.05, 3.63) is 29.3 Å². The molecule has 1 aliphatic heterocycles. The van der Waals surface area contributed by atoms with Gasteiger partial charge in [-0.05, 0) is 56.0 Å². The summed E-state index contributed by atoms with van der Waals surface area (Å²) in [4.78, 5) is 2.68. The fraction of sp³-hybridized carbons (Fsp3) is 0.625. The van der Waals surface area contributed by atoms with Gasteiger partial charge >= 0.3 is 0 Å².